The molecule has 0 radical (unpaired) electrons. The van der Waals surface area contributed by atoms with Crippen LogP contribution in [0, 0.1) is 0 Å². The first-order valence-electron chi connectivity index (χ1n) is 5.08. The summed E-state index contributed by atoms with van der Waals surface area (Å²) in [4.78, 5) is 21.8. The van der Waals surface area contributed by atoms with E-state index in [4.69, 9.17) is 0 Å². The zero-order valence-corrected chi connectivity index (χ0v) is 10.2. The van der Waals surface area contributed by atoms with Gasteiger partial charge in [-0.1, -0.05) is 13.8 Å². The van der Waals surface area contributed by atoms with Crippen LogP contribution in [0.5, 0.6) is 0 Å². The van der Waals surface area contributed by atoms with Crippen LogP contribution in [0.3, 0.4) is 0 Å². The Morgan fingerprint density at radius 2 is 1.12 bits per heavy atom. The van der Waals surface area contributed by atoms with Crippen LogP contribution in [0.25, 0.3) is 0 Å². The fourth-order valence-electron chi connectivity index (χ4n) is 0.805. The number of hydrogen-bond donors (Lipinski definition) is 1. The van der Waals surface area contributed by atoms with E-state index < -0.39 is 0 Å². The summed E-state index contributed by atoms with van der Waals surface area (Å²) in [6.45, 7) is 16.2. The summed E-state index contributed by atoms with van der Waals surface area (Å²) in [7, 11) is 0. The number of hydrogen-bond acceptors (Lipinski definition) is 7. The highest BCUT2D eigenvalue weighted by atomic mass is 15.2. The standard InChI is InChI=1S/C6H6N6.C4H11N/c1-7-4-10-5(8-2)12-6(9-3)11-4;1-3-5-4-2/h1-3H2;5H,3-4H2,1-2H3. The Balaban J connectivity index is 0.000000437. The molecule has 7 nitrogen and oxygen atoms in total. The molecule has 0 aliphatic carbocycles. The first-order valence-corrected chi connectivity index (χ1v) is 5.08. The maximum Gasteiger partial charge on any atom is 0.255 e. The van der Waals surface area contributed by atoms with Crippen LogP contribution in [0.2, 0.25) is 0 Å². The van der Waals surface area contributed by atoms with Gasteiger partial charge < -0.3 is 5.32 Å². The van der Waals surface area contributed by atoms with Gasteiger partial charge in [-0.05, 0) is 33.2 Å². The third kappa shape index (κ3) is 6.21. The summed E-state index contributed by atoms with van der Waals surface area (Å²) in [5, 5.41) is 3.11. The zero-order valence-electron chi connectivity index (χ0n) is 10.2. The molecule has 0 amide bonds. The minimum atomic E-state index is 0.162. The van der Waals surface area contributed by atoms with Crippen molar-refractivity contribution in [1.82, 2.24) is 20.3 Å². The highest BCUT2D eigenvalue weighted by Crippen LogP contribution is 2.13. The lowest BCUT2D eigenvalue weighted by Crippen LogP contribution is -2.09. The number of aliphatic imine (C=N–C) groups is 3. The summed E-state index contributed by atoms with van der Waals surface area (Å²) in [5.74, 6) is 0.486. The summed E-state index contributed by atoms with van der Waals surface area (Å²) in [6.07, 6.45) is 0. The molecule has 1 aromatic rings. The van der Waals surface area contributed by atoms with E-state index in [1.165, 1.54) is 0 Å². The van der Waals surface area contributed by atoms with Gasteiger partial charge in [0.05, 0.1) is 0 Å². The van der Waals surface area contributed by atoms with Crippen LogP contribution in [0.1, 0.15) is 13.8 Å². The van der Waals surface area contributed by atoms with Gasteiger partial charge in [0.25, 0.3) is 17.8 Å². The highest BCUT2D eigenvalue weighted by molar-refractivity contribution is 5.44. The van der Waals surface area contributed by atoms with E-state index in [0.29, 0.717) is 0 Å². The molecule has 0 unspecified atom stereocenters. The summed E-state index contributed by atoms with van der Waals surface area (Å²) >= 11 is 0. The molecule has 7 heteroatoms. The first-order chi connectivity index (χ1) is 8.21. The molecular weight excluding hydrogens is 218 g/mol. The molecule has 0 bridgehead atoms. The molecule has 1 aromatic heterocycles. The SMILES string of the molecule is C=Nc1nc(N=C)nc(N=C)n1.CCNCC. The van der Waals surface area contributed by atoms with E-state index >= 15 is 0 Å². The Labute approximate surface area is 101 Å². The smallest absolute Gasteiger partial charge is 0.255 e. The normalized spacial score (nSPS) is 8.82. The van der Waals surface area contributed by atoms with Crippen LogP contribution in [0.15, 0.2) is 15.0 Å². The molecule has 0 fully saturated rings. The number of nitrogens with zero attached hydrogens (tertiary/aromatic N) is 6. The predicted molar refractivity (Wildman–Crippen MR) is 71.7 cm³/mol. The van der Waals surface area contributed by atoms with Crippen molar-refractivity contribution >= 4 is 38.0 Å². The molecule has 1 rings (SSSR count). The Morgan fingerprint density at radius 3 is 1.24 bits per heavy atom. The number of nitrogens with one attached hydrogen (secondary N) is 1. The van der Waals surface area contributed by atoms with Gasteiger partial charge in [-0.2, -0.15) is 15.0 Å². The van der Waals surface area contributed by atoms with Gasteiger partial charge in [0, 0.05) is 0 Å². The van der Waals surface area contributed by atoms with Crippen molar-refractivity contribution in [3.8, 4) is 0 Å². The van der Waals surface area contributed by atoms with Gasteiger partial charge in [-0.3, -0.25) is 0 Å². The fourth-order valence-corrected chi connectivity index (χ4v) is 0.805. The van der Waals surface area contributed by atoms with Crippen LogP contribution < -0.4 is 5.32 Å². The molecule has 92 valence electrons. The molecule has 17 heavy (non-hydrogen) atoms. The fraction of sp³-hybridized carbons (Fsp3) is 0.400. The van der Waals surface area contributed by atoms with E-state index in [-0.39, 0.29) is 17.8 Å². The minimum absolute atomic E-state index is 0.162. The zero-order chi connectivity index (χ0) is 13.1. The third-order valence-corrected chi connectivity index (χ3v) is 1.52. The molecule has 0 atom stereocenters. The first kappa shape index (κ1) is 15.0. The summed E-state index contributed by atoms with van der Waals surface area (Å²) < 4.78 is 0. The van der Waals surface area contributed by atoms with E-state index in [1.54, 1.807) is 0 Å². The Bertz CT molecular complexity index is 308. The van der Waals surface area contributed by atoms with Crippen molar-refractivity contribution in [3.05, 3.63) is 0 Å². The van der Waals surface area contributed by atoms with Gasteiger partial charge in [-0.25, -0.2) is 15.0 Å². The van der Waals surface area contributed by atoms with Crippen molar-refractivity contribution in [2.45, 2.75) is 13.8 Å². The van der Waals surface area contributed by atoms with E-state index in [2.05, 4.69) is 69.2 Å². The van der Waals surface area contributed by atoms with Gasteiger partial charge in [0.1, 0.15) is 0 Å². The minimum Gasteiger partial charge on any atom is -0.317 e. The quantitative estimate of drug-likeness (QED) is 0.783. The predicted octanol–water partition coefficient (Wildman–Crippen LogP) is 1.48. The monoisotopic (exact) mass is 235 g/mol. The average Bonchev–Trinajstić information content (AvgIpc) is 2.39. The van der Waals surface area contributed by atoms with Crippen molar-refractivity contribution in [3.63, 3.8) is 0 Å². The van der Waals surface area contributed by atoms with E-state index in [9.17, 15) is 0 Å². The van der Waals surface area contributed by atoms with E-state index in [0.717, 1.165) is 13.1 Å². The largest absolute Gasteiger partial charge is 0.317 e. The second kappa shape index (κ2) is 9.22. The second-order valence-electron chi connectivity index (χ2n) is 2.67. The Hall–Kier alpha value is -2.02. The van der Waals surface area contributed by atoms with Gasteiger partial charge >= 0.3 is 0 Å². The third-order valence-electron chi connectivity index (χ3n) is 1.52. The molecule has 0 saturated heterocycles. The summed E-state index contributed by atoms with van der Waals surface area (Å²) in [6, 6.07) is 0. The molecule has 0 aromatic carbocycles. The Morgan fingerprint density at radius 1 is 0.824 bits per heavy atom. The van der Waals surface area contributed by atoms with Crippen LogP contribution in [0.4, 0.5) is 17.8 Å². The van der Waals surface area contributed by atoms with Gasteiger partial charge in [0.2, 0.25) is 0 Å². The molecule has 1 N–H and O–H groups in total. The Kier molecular flexibility index (Phi) is 8.13. The maximum absolute atomic E-state index is 3.75. The second-order valence-corrected chi connectivity index (χ2v) is 2.67. The lowest BCUT2D eigenvalue weighted by Gasteiger charge is -1.94. The highest BCUT2D eigenvalue weighted by Gasteiger charge is 2.00. The lowest BCUT2D eigenvalue weighted by molar-refractivity contribution is 0.762. The van der Waals surface area contributed by atoms with Crippen molar-refractivity contribution < 1.29 is 0 Å². The van der Waals surface area contributed by atoms with Gasteiger partial charge in [-0.15, -0.1) is 0 Å². The molecule has 0 aliphatic heterocycles. The number of aromatic nitrogens is 3. The molecule has 0 saturated carbocycles. The van der Waals surface area contributed by atoms with Crippen molar-refractivity contribution in [2.75, 3.05) is 13.1 Å². The van der Waals surface area contributed by atoms with Crippen LogP contribution in [-0.2, 0) is 0 Å². The number of rotatable bonds is 5. The van der Waals surface area contributed by atoms with Crippen LogP contribution >= 0.6 is 0 Å². The lowest BCUT2D eigenvalue weighted by atomic mass is 10.7. The van der Waals surface area contributed by atoms with Crippen molar-refractivity contribution in [1.29, 1.82) is 0 Å². The average molecular weight is 235 g/mol. The van der Waals surface area contributed by atoms with Crippen LogP contribution in [-0.4, -0.2) is 48.2 Å². The van der Waals surface area contributed by atoms with Crippen molar-refractivity contribution in [2.24, 2.45) is 15.0 Å². The maximum atomic E-state index is 3.75. The molecule has 1 heterocycles. The van der Waals surface area contributed by atoms with Gasteiger partial charge in [0.15, 0.2) is 0 Å². The molecule has 0 aliphatic rings. The summed E-state index contributed by atoms with van der Waals surface area (Å²) in [5.41, 5.74) is 0. The topological polar surface area (TPSA) is 87.8 Å². The van der Waals surface area contributed by atoms with E-state index in [1.807, 2.05) is 0 Å². The molecule has 0 spiro atoms. The molecular formula is C10H17N7.